The first-order valence-corrected chi connectivity index (χ1v) is 9.91. The number of anilines is 1. The number of Topliss-reactive ketones (excluding diaryl/α,β-unsaturated/α-hetero) is 1. The summed E-state index contributed by atoms with van der Waals surface area (Å²) in [4.78, 5) is 36.2. The quantitative estimate of drug-likeness (QED) is 0.358. The molecule has 0 aliphatic heterocycles. The highest BCUT2D eigenvalue weighted by molar-refractivity contribution is 6.08. The fraction of sp³-hybridized carbons (Fsp3) is 0.160. The number of nitrogens with one attached hydrogen (secondary N) is 1. The lowest BCUT2D eigenvalue weighted by Gasteiger charge is -2.13. The number of carbonyl (C=O) groups is 3. The van der Waals surface area contributed by atoms with E-state index < -0.39 is 18.0 Å². The average Bonchev–Trinajstić information content (AvgIpc) is 3.17. The van der Waals surface area contributed by atoms with Crippen molar-refractivity contribution >= 4 is 45.1 Å². The molecule has 0 spiro atoms. The third-order valence-electron chi connectivity index (χ3n) is 5.11. The molecule has 3 aromatic carbocycles. The van der Waals surface area contributed by atoms with Crippen molar-refractivity contribution in [3.63, 3.8) is 0 Å². The number of hydrogen-bond acceptors (Lipinski definition) is 5. The number of ether oxygens (including phenoxy) is 1. The van der Waals surface area contributed by atoms with Crippen molar-refractivity contribution in [1.29, 1.82) is 0 Å². The molecule has 4 rings (SSSR count). The van der Waals surface area contributed by atoms with Crippen LogP contribution in [0, 0.1) is 0 Å². The van der Waals surface area contributed by atoms with Gasteiger partial charge in [0, 0.05) is 22.2 Å². The summed E-state index contributed by atoms with van der Waals surface area (Å²) in [5.41, 5.74) is 2.48. The predicted octanol–water partition coefficient (Wildman–Crippen LogP) is 4.90. The Hall–Kier alpha value is -3.93. The van der Waals surface area contributed by atoms with E-state index in [2.05, 4.69) is 5.32 Å². The van der Waals surface area contributed by atoms with Gasteiger partial charge in [-0.15, -0.1) is 0 Å². The van der Waals surface area contributed by atoms with Crippen LogP contribution in [-0.2, 0) is 20.7 Å². The Balaban J connectivity index is 1.43. The lowest BCUT2D eigenvalue weighted by molar-refractivity contribution is -0.152. The minimum Gasteiger partial charge on any atom is -0.464 e. The van der Waals surface area contributed by atoms with E-state index in [1.54, 1.807) is 30.5 Å². The highest BCUT2D eigenvalue weighted by Crippen LogP contribution is 2.30. The molecule has 6 heteroatoms. The van der Waals surface area contributed by atoms with Gasteiger partial charge in [0.25, 0.3) is 5.91 Å². The molecule has 31 heavy (non-hydrogen) atoms. The molecule has 1 aromatic heterocycles. The van der Waals surface area contributed by atoms with Gasteiger partial charge in [-0.25, -0.2) is 0 Å². The van der Waals surface area contributed by atoms with Crippen molar-refractivity contribution in [2.75, 3.05) is 5.32 Å². The molecule has 1 amide bonds. The Kier molecular flexibility index (Phi) is 5.54. The number of esters is 1. The molecular weight excluding hydrogens is 394 g/mol. The molecule has 1 atom stereocenters. The van der Waals surface area contributed by atoms with Crippen LogP contribution in [0.3, 0.4) is 0 Å². The summed E-state index contributed by atoms with van der Waals surface area (Å²) in [5, 5.41) is 5.60. The number of rotatable bonds is 6. The van der Waals surface area contributed by atoms with Crippen molar-refractivity contribution in [1.82, 2.24) is 0 Å². The lowest BCUT2D eigenvalue weighted by Crippen LogP contribution is -2.30. The summed E-state index contributed by atoms with van der Waals surface area (Å²) in [5.74, 6) is -1.03. The monoisotopic (exact) mass is 415 g/mol. The van der Waals surface area contributed by atoms with Gasteiger partial charge >= 0.3 is 5.97 Å². The molecule has 4 aromatic rings. The van der Waals surface area contributed by atoms with E-state index in [4.69, 9.17) is 9.15 Å². The Morgan fingerprint density at radius 1 is 1.00 bits per heavy atom. The molecule has 0 saturated heterocycles. The summed E-state index contributed by atoms with van der Waals surface area (Å²) in [6.45, 7) is 2.99. The molecule has 0 unspecified atom stereocenters. The lowest BCUT2D eigenvalue weighted by atomic mass is 10.0. The molecular formula is C25H21NO5. The molecule has 0 aliphatic rings. The summed E-state index contributed by atoms with van der Waals surface area (Å²) < 4.78 is 10.9. The highest BCUT2D eigenvalue weighted by atomic mass is 16.5. The summed E-state index contributed by atoms with van der Waals surface area (Å²) in [6, 6.07) is 18.2. The second-order valence-corrected chi connectivity index (χ2v) is 7.35. The Morgan fingerprint density at radius 2 is 1.74 bits per heavy atom. The molecule has 6 nitrogen and oxygen atoms in total. The summed E-state index contributed by atoms with van der Waals surface area (Å²) in [7, 11) is 0. The van der Waals surface area contributed by atoms with E-state index in [1.807, 2.05) is 36.4 Å². The summed E-state index contributed by atoms with van der Waals surface area (Å²) in [6.07, 6.45) is 0.570. The first-order valence-electron chi connectivity index (χ1n) is 9.91. The third kappa shape index (κ3) is 4.33. The van der Waals surface area contributed by atoms with Gasteiger partial charge in [0.05, 0.1) is 12.7 Å². The van der Waals surface area contributed by atoms with Crippen molar-refractivity contribution in [3.05, 3.63) is 78.1 Å². The minimum absolute atomic E-state index is 0.00800. The number of ketones is 1. The maximum atomic E-state index is 12.5. The number of amides is 1. The van der Waals surface area contributed by atoms with Gasteiger partial charge in [-0.3, -0.25) is 14.4 Å². The smallest absolute Gasteiger partial charge is 0.311 e. The zero-order valence-electron chi connectivity index (χ0n) is 17.2. The van der Waals surface area contributed by atoms with Gasteiger partial charge in [-0.2, -0.15) is 0 Å². The predicted molar refractivity (Wildman–Crippen MR) is 118 cm³/mol. The standard InChI is InChI=1S/C25H21NO5/c1-15(27)17-7-10-20(11-8-17)26-25(29)16(2)31-23(28)13-19-14-30-22-12-9-18-5-3-4-6-21(18)24(19)22/h3-12,14,16H,13H2,1-2H3,(H,26,29)/t16-/m1/s1. The largest absolute Gasteiger partial charge is 0.464 e. The van der Waals surface area contributed by atoms with Gasteiger partial charge in [-0.1, -0.05) is 30.3 Å². The Bertz CT molecular complexity index is 1290. The highest BCUT2D eigenvalue weighted by Gasteiger charge is 2.20. The maximum Gasteiger partial charge on any atom is 0.311 e. The van der Waals surface area contributed by atoms with E-state index >= 15 is 0 Å². The number of hydrogen-bond donors (Lipinski definition) is 1. The zero-order valence-corrected chi connectivity index (χ0v) is 17.2. The summed E-state index contributed by atoms with van der Waals surface area (Å²) >= 11 is 0. The van der Waals surface area contributed by atoms with Crippen LogP contribution in [0.4, 0.5) is 5.69 Å². The number of benzene rings is 3. The van der Waals surface area contributed by atoms with Crippen LogP contribution in [0.2, 0.25) is 0 Å². The third-order valence-corrected chi connectivity index (χ3v) is 5.11. The van der Waals surface area contributed by atoms with E-state index in [0.717, 1.165) is 16.2 Å². The zero-order chi connectivity index (χ0) is 22.0. The van der Waals surface area contributed by atoms with Crippen molar-refractivity contribution in [2.24, 2.45) is 0 Å². The molecule has 156 valence electrons. The van der Waals surface area contributed by atoms with E-state index in [0.29, 0.717) is 22.4 Å². The van der Waals surface area contributed by atoms with Crippen LogP contribution >= 0.6 is 0 Å². The topological polar surface area (TPSA) is 85.6 Å². The molecule has 0 aliphatic carbocycles. The Morgan fingerprint density at radius 3 is 2.48 bits per heavy atom. The molecule has 0 bridgehead atoms. The number of fused-ring (bicyclic) bond motifs is 3. The van der Waals surface area contributed by atoms with E-state index in [1.165, 1.54) is 13.8 Å². The van der Waals surface area contributed by atoms with Crippen LogP contribution in [0.1, 0.15) is 29.8 Å². The van der Waals surface area contributed by atoms with Crippen LogP contribution in [0.5, 0.6) is 0 Å². The first-order chi connectivity index (χ1) is 14.9. The SMILES string of the molecule is CC(=O)c1ccc(NC(=O)[C@@H](C)OC(=O)Cc2coc3ccc4ccccc4c23)cc1. The average molecular weight is 415 g/mol. The maximum absolute atomic E-state index is 12.5. The molecule has 1 N–H and O–H groups in total. The molecule has 1 heterocycles. The fourth-order valence-corrected chi connectivity index (χ4v) is 3.48. The van der Waals surface area contributed by atoms with Crippen molar-refractivity contribution < 1.29 is 23.5 Å². The number of furan rings is 1. The van der Waals surface area contributed by atoms with Gasteiger partial charge in [-0.05, 0) is 55.0 Å². The van der Waals surface area contributed by atoms with Crippen LogP contribution < -0.4 is 5.32 Å². The van der Waals surface area contributed by atoms with Gasteiger partial charge < -0.3 is 14.5 Å². The molecule has 0 fully saturated rings. The van der Waals surface area contributed by atoms with Crippen molar-refractivity contribution in [2.45, 2.75) is 26.4 Å². The van der Waals surface area contributed by atoms with Crippen molar-refractivity contribution in [3.8, 4) is 0 Å². The minimum atomic E-state index is -0.977. The molecule has 0 radical (unpaired) electrons. The van der Waals surface area contributed by atoms with E-state index in [9.17, 15) is 14.4 Å². The fourth-order valence-electron chi connectivity index (χ4n) is 3.48. The van der Waals surface area contributed by atoms with Crippen LogP contribution in [0.15, 0.2) is 71.3 Å². The van der Waals surface area contributed by atoms with Crippen LogP contribution in [0.25, 0.3) is 21.7 Å². The number of carbonyl (C=O) groups excluding carboxylic acids is 3. The molecule has 0 saturated carbocycles. The van der Waals surface area contributed by atoms with Gasteiger partial charge in [0.1, 0.15) is 5.58 Å². The van der Waals surface area contributed by atoms with E-state index in [-0.39, 0.29) is 12.2 Å². The Labute approximate surface area is 178 Å². The second kappa shape index (κ2) is 8.44. The van der Waals surface area contributed by atoms with Crippen LogP contribution in [-0.4, -0.2) is 23.8 Å². The van der Waals surface area contributed by atoms with Gasteiger partial charge in [0.2, 0.25) is 0 Å². The van der Waals surface area contributed by atoms with Gasteiger partial charge in [0.15, 0.2) is 11.9 Å². The normalized spacial score (nSPS) is 11.9. The first kappa shape index (κ1) is 20.3. The second-order valence-electron chi connectivity index (χ2n) is 7.35.